The van der Waals surface area contributed by atoms with E-state index in [1.807, 2.05) is 19.9 Å². The summed E-state index contributed by atoms with van der Waals surface area (Å²) < 4.78 is 0. The Kier molecular flexibility index (Phi) is 3.86. The molecule has 0 saturated heterocycles. The van der Waals surface area contributed by atoms with Gasteiger partial charge in [0.1, 0.15) is 5.75 Å². The van der Waals surface area contributed by atoms with E-state index in [2.05, 4.69) is 5.32 Å². The Balaban J connectivity index is 2.32. The van der Waals surface area contributed by atoms with Crippen molar-refractivity contribution in [3.05, 3.63) is 52.0 Å². The van der Waals surface area contributed by atoms with Gasteiger partial charge in [-0.1, -0.05) is 17.7 Å². The van der Waals surface area contributed by atoms with E-state index in [0.29, 0.717) is 11.4 Å². The first-order valence-electron chi connectivity index (χ1n) is 6.05. The number of amides is 1. The molecule has 0 atom stereocenters. The van der Waals surface area contributed by atoms with Gasteiger partial charge in [0.05, 0.1) is 10.6 Å². The Labute approximate surface area is 122 Å². The molecule has 0 heterocycles. The average Bonchev–Trinajstić information content (AvgIpc) is 2.38. The first-order valence-corrected chi connectivity index (χ1v) is 6.43. The fourth-order valence-electron chi connectivity index (χ4n) is 1.88. The van der Waals surface area contributed by atoms with Gasteiger partial charge in [-0.3, -0.25) is 4.79 Å². The van der Waals surface area contributed by atoms with E-state index in [1.54, 1.807) is 6.07 Å². The topological polar surface area (TPSA) is 75.3 Å². The molecule has 0 spiro atoms. The van der Waals surface area contributed by atoms with Gasteiger partial charge in [-0.25, -0.2) is 0 Å². The summed E-state index contributed by atoms with van der Waals surface area (Å²) in [6.45, 7) is 3.78. The summed E-state index contributed by atoms with van der Waals surface area (Å²) >= 11 is 5.96. The third-order valence-corrected chi connectivity index (χ3v) is 3.39. The third-order valence-electron chi connectivity index (χ3n) is 3.06. The highest BCUT2D eigenvalue weighted by molar-refractivity contribution is 6.34. The number of phenolic OH excluding ortho intramolecular Hbond substituents is 1. The van der Waals surface area contributed by atoms with E-state index in [1.165, 1.54) is 18.2 Å². The molecule has 0 aliphatic heterocycles. The number of nitrogens with two attached hydrogens (primary N) is 1. The lowest BCUT2D eigenvalue weighted by molar-refractivity contribution is 0.102. The number of anilines is 2. The van der Waals surface area contributed by atoms with Crippen LogP contribution in [0.4, 0.5) is 11.4 Å². The van der Waals surface area contributed by atoms with E-state index >= 15 is 0 Å². The standard InChI is InChI=1S/C15H15ClN2O2/c1-8-5-9(2)14(7-13(8)17)18-15(20)11-6-10(19)3-4-12(11)16/h3-7,19H,17H2,1-2H3,(H,18,20). The summed E-state index contributed by atoms with van der Waals surface area (Å²) in [7, 11) is 0. The van der Waals surface area contributed by atoms with Crippen LogP contribution < -0.4 is 11.1 Å². The van der Waals surface area contributed by atoms with Crippen molar-refractivity contribution in [3.8, 4) is 5.75 Å². The minimum atomic E-state index is -0.391. The van der Waals surface area contributed by atoms with Crippen LogP contribution in [0, 0.1) is 13.8 Å². The number of nitrogens with one attached hydrogen (secondary N) is 1. The fraction of sp³-hybridized carbons (Fsp3) is 0.133. The molecule has 2 aromatic carbocycles. The van der Waals surface area contributed by atoms with Gasteiger partial charge in [-0.2, -0.15) is 0 Å². The van der Waals surface area contributed by atoms with Crippen molar-refractivity contribution < 1.29 is 9.90 Å². The molecule has 5 heteroatoms. The summed E-state index contributed by atoms with van der Waals surface area (Å²) in [5.74, 6) is -0.406. The molecule has 4 nitrogen and oxygen atoms in total. The van der Waals surface area contributed by atoms with Gasteiger partial charge in [-0.05, 0) is 49.2 Å². The van der Waals surface area contributed by atoms with Crippen molar-refractivity contribution in [3.63, 3.8) is 0 Å². The summed E-state index contributed by atoms with van der Waals surface area (Å²) in [6, 6.07) is 7.83. The second-order valence-corrected chi connectivity index (χ2v) is 5.05. The molecule has 4 N–H and O–H groups in total. The Bertz CT molecular complexity index is 684. The minimum Gasteiger partial charge on any atom is -0.508 e. The number of aryl methyl sites for hydroxylation is 2. The molecule has 0 aromatic heterocycles. The highest BCUT2D eigenvalue weighted by Gasteiger charge is 2.13. The molecule has 2 rings (SSSR count). The Hall–Kier alpha value is -2.20. The van der Waals surface area contributed by atoms with Crippen molar-refractivity contribution in [2.75, 3.05) is 11.1 Å². The van der Waals surface area contributed by atoms with Gasteiger partial charge in [0, 0.05) is 11.4 Å². The Morgan fingerprint density at radius 1 is 1.20 bits per heavy atom. The number of nitrogen functional groups attached to an aromatic ring is 1. The van der Waals surface area contributed by atoms with Crippen LogP contribution in [0.25, 0.3) is 0 Å². The number of halogens is 1. The zero-order valence-electron chi connectivity index (χ0n) is 11.2. The maximum absolute atomic E-state index is 12.2. The van der Waals surface area contributed by atoms with E-state index in [9.17, 15) is 9.90 Å². The van der Waals surface area contributed by atoms with E-state index in [0.717, 1.165) is 11.1 Å². The molecular weight excluding hydrogens is 276 g/mol. The molecule has 20 heavy (non-hydrogen) atoms. The van der Waals surface area contributed by atoms with E-state index in [-0.39, 0.29) is 16.3 Å². The number of phenols is 1. The van der Waals surface area contributed by atoms with Crippen LogP contribution in [0.1, 0.15) is 21.5 Å². The molecule has 0 saturated carbocycles. The van der Waals surface area contributed by atoms with Crippen LogP contribution in [0.5, 0.6) is 5.75 Å². The smallest absolute Gasteiger partial charge is 0.257 e. The lowest BCUT2D eigenvalue weighted by Crippen LogP contribution is -2.13. The zero-order chi connectivity index (χ0) is 14.9. The highest BCUT2D eigenvalue weighted by atomic mass is 35.5. The van der Waals surface area contributed by atoms with Gasteiger partial charge >= 0.3 is 0 Å². The highest BCUT2D eigenvalue weighted by Crippen LogP contribution is 2.25. The molecule has 2 aromatic rings. The lowest BCUT2D eigenvalue weighted by atomic mass is 10.1. The number of hydrogen-bond acceptors (Lipinski definition) is 3. The van der Waals surface area contributed by atoms with Crippen molar-refractivity contribution in [2.24, 2.45) is 0 Å². The van der Waals surface area contributed by atoms with Crippen LogP contribution in [0.15, 0.2) is 30.3 Å². The number of hydrogen-bond donors (Lipinski definition) is 3. The SMILES string of the molecule is Cc1cc(C)c(NC(=O)c2cc(O)ccc2Cl)cc1N. The van der Waals surface area contributed by atoms with Crippen LogP contribution >= 0.6 is 11.6 Å². The quantitative estimate of drug-likeness (QED) is 0.741. The van der Waals surface area contributed by atoms with Gasteiger partial charge in [0.25, 0.3) is 5.91 Å². The van der Waals surface area contributed by atoms with E-state index < -0.39 is 5.91 Å². The van der Waals surface area contributed by atoms with Gasteiger partial charge in [0.2, 0.25) is 0 Å². The van der Waals surface area contributed by atoms with Gasteiger partial charge in [0.15, 0.2) is 0 Å². The first kappa shape index (κ1) is 14.2. The molecule has 0 unspecified atom stereocenters. The Morgan fingerprint density at radius 3 is 2.60 bits per heavy atom. The number of carbonyl (C=O) groups excluding carboxylic acids is 1. The van der Waals surface area contributed by atoms with Crippen molar-refractivity contribution in [2.45, 2.75) is 13.8 Å². The molecule has 1 amide bonds. The predicted octanol–water partition coefficient (Wildman–Crippen LogP) is 3.50. The van der Waals surface area contributed by atoms with Crippen molar-refractivity contribution in [1.82, 2.24) is 0 Å². The van der Waals surface area contributed by atoms with Crippen LogP contribution in [0.3, 0.4) is 0 Å². The van der Waals surface area contributed by atoms with Crippen LogP contribution in [-0.2, 0) is 0 Å². The zero-order valence-corrected chi connectivity index (χ0v) is 12.0. The van der Waals surface area contributed by atoms with Crippen LogP contribution in [0.2, 0.25) is 5.02 Å². The third kappa shape index (κ3) is 2.86. The summed E-state index contributed by atoms with van der Waals surface area (Å²) in [5.41, 5.74) is 9.14. The molecule has 0 aliphatic carbocycles. The maximum Gasteiger partial charge on any atom is 0.257 e. The maximum atomic E-state index is 12.2. The average molecular weight is 291 g/mol. The molecule has 0 aliphatic rings. The summed E-state index contributed by atoms with van der Waals surface area (Å²) in [6.07, 6.45) is 0. The largest absolute Gasteiger partial charge is 0.508 e. The van der Waals surface area contributed by atoms with E-state index in [4.69, 9.17) is 17.3 Å². The number of rotatable bonds is 2. The molecule has 0 fully saturated rings. The first-order chi connectivity index (χ1) is 9.38. The minimum absolute atomic E-state index is 0.0142. The second kappa shape index (κ2) is 5.43. The molecule has 0 bridgehead atoms. The van der Waals surface area contributed by atoms with Crippen LogP contribution in [-0.4, -0.2) is 11.0 Å². The summed E-state index contributed by atoms with van der Waals surface area (Å²) in [5, 5.41) is 12.5. The number of aromatic hydroxyl groups is 1. The number of benzene rings is 2. The normalized spacial score (nSPS) is 10.3. The lowest BCUT2D eigenvalue weighted by Gasteiger charge is -2.12. The summed E-state index contributed by atoms with van der Waals surface area (Å²) in [4.78, 5) is 12.2. The molecule has 0 radical (unpaired) electrons. The second-order valence-electron chi connectivity index (χ2n) is 4.64. The molecular formula is C15H15ClN2O2. The van der Waals surface area contributed by atoms with Crippen molar-refractivity contribution in [1.29, 1.82) is 0 Å². The fourth-order valence-corrected chi connectivity index (χ4v) is 2.08. The van der Waals surface area contributed by atoms with Crippen molar-refractivity contribution >= 4 is 28.9 Å². The van der Waals surface area contributed by atoms with Gasteiger partial charge < -0.3 is 16.2 Å². The molecule has 104 valence electrons. The van der Waals surface area contributed by atoms with Gasteiger partial charge in [-0.15, -0.1) is 0 Å². The Morgan fingerprint density at radius 2 is 1.90 bits per heavy atom. The number of carbonyl (C=O) groups is 1. The predicted molar refractivity (Wildman–Crippen MR) is 81.4 cm³/mol. The monoisotopic (exact) mass is 290 g/mol.